The summed E-state index contributed by atoms with van der Waals surface area (Å²) in [5, 5.41) is 3.58. The predicted molar refractivity (Wildman–Crippen MR) is 83.4 cm³/mol. The summed E-state index contributed by atoms with van der Waals surface area (Å²) in [6.07, 6.45) is 10.1. The van der Waals surface area contributed by atoms with E-state index in [0.29, 0.717) is 0 Å². The Morgan fingerprint density at radius 3 is 2.32 bits per heavy atom. The molecular weight excluding hydrogens is 232 g/mol. The van der Waals surface area contributed by atoms with Crippen LogP contribution in [-0.4, -0.2) is 37.6 Å². The van der Waals surface area contributed by atoms with Crippen molar-refractivity contribution >= 4 is 0 Å². The largest absolute Gasteiger partial charge is 0.317 e. The van der Waals surface area contributed by atoms with Gasteiger partial charge in [-0.1, -0.05) is 26.7 Å². The molecule has 0 aromatic heterocycles. The fourth-order valence-electron chi connectivity index (χ4n) is 4.02. The van der Waals surface area contributed by atoms with Crippen LogP contribution in [0.1, 0.15) is 58.8 Å². The molecule has 112 valence electrons. The summed E-state index contributed by atoms with van der Waals surface area (Å²) in [6, 6.07) is 0.762. The highest BCUT2D eigenvalue weighted by atomic mass is 15.1. The Balaban J connectivity index is 1.84. The van der Waals surface area contributed by atoms with Gasteiger partial charge in [-0.3, -0.25) is 0 Å². The first-order valence-electron chi connectivity index (χ1n) is 8.66. The van der Waals surface area contributed by atoms with Crippen molar-refractivity contribution in [2.75, 3.05) is 26.7 Å². The van der Waals surface area contributed by atoms with E-state index < -0.39 is 0 Å². The van der Waals surface area contributed by atoms with Gasteiger partial charge in [0, 0.05) is 19.1 Å². The Labute approximate surface area is 120 Å². The fraction of sp³-hybridized carbons (Fsp3) is 1.00. The average Bonchev–Trinajstić information content (AvgIpc) is 2.41. The molecule has 3 unspecified atom stereocenters. The summed E-state index contributed by atoms with van der Waals surface area (Å²) in [7, 11) is 2.16. The zero-order valence-electron chi connectivity index (χ0n) is 13.3. The van der Waals surface area contributed by atoms with E-state index in [1.807, 2.05) is 0 Å². The molecule has 0 saturated heterocycles. The van der Waals surface area contributed by atoms with Crippen molar-refractivity contribution in [1.82, 2.24) is 10.2 Å². The molecule has 2 saturated carbocycles. The van der Waals surface area contributed by atoms with Crippen molar-refractivity contribution in [2.45, 2.75) is 64.8 Å². The maximum Gasteiger partial charge on any atom is 0.0105 e. The van der Waals surface area contributed by atoms with Crippen LogP contribution < -0.4 is 5.32 Å². The highest BCUT2D eigenvalue weighted by Gasteiger charge is 2.30. The van der Waals surface area contributed by atoms with Gasteiger partial charge in [0.2, 0.25) is 0 Å². The molecular formula is C17H34N2. The van der Waals surface area contributed by atoms with Crippen LogP contribution >= 0.6 is 0 Å². The quantitative estimate of drug-likeness (QED) is 0.758. The summed E-state index contributed by atoms with van der Waals surface area (Å²) < 4.78 is 0. The van der Waals surface area contributed by atoms with E-state index in [-0.39, 0.29) is 0 Å². The van der Waals surface area contributed by atoms with Gasteiger partial charge in [0.05, 0.1) is 0 Å². The summed E-state index contributed by atoms with van der Waals surface area (Å²) in [5.41, 5.74) is 0. The second-order valence-corrected chi connectivity index (χ2v) is 6.89. The molecule has 2 rings (SSSR count). The molecule has 0 aliphatic heterocycles. The first kappa shape index (κ1) is 15.3. The molecule has 2 nitrogen and oxygen atoms in total. The Hall–Kier alpha value is -0.0800. The lowest BCUT2D eigenvalue weighted by Gasteiger charge is -2.40. The molecule has 0 aromatic rings. The Morgan fingerprint density at radius 1 is 1.00 bits per heavy atom. The second-order valence-electron chi connectivity index (χ2n) is 6.89. The molecule has 2 aliphatic rings. The van der Waals surface area contributed by atoms with E-state index in [0.717, 1.165) is 23.8 Å². The number of hydrogen-bond acceptors (Lipinski definition) is 2. The number of hydrogen-bond donors (Lipinski definition) is 1. The molecule has 0 heterocycles. The van der Waals surface area contributed by atoms with Crippen molar-refractivity contribution in [3.63, 3.8) is 0 Å². The minimum Gasteiger partial charge on any atom is -0.317 e. The van der Waals surface area contributed by atoms with E-state index >= 15 is 0 Å². The number of nitrogens with zero attached hydrogens (tertiary/aromatic N) is 1. The average molecular weight is 266 g/mol. The fourth-order valence-corrected chi connectivity index (χ4v) is 4.02. The normalized spacial score (nSPS) is 32.5. The second kappa shape index (κ2) is 7.64. The number of rotatable bonds is 7. The highest BCUT2D eigenvalue weighted by Crippen LogP contribution is 2.33. The van der Waals surface area contributed by atoms with Crippen molar-refractivity contribution < 1.29 is 0 Å². The molecule has 0 amide bonds. The molecule has 0 bridgehead atoms. The van der Waals surface area contributed by atoms with Gasteiger partial charge in [0.15, 0.2) is 0 Å². The first-order chi connectivity index (χ1) is 9.26. The zero-order valence-corrected chi connectivity index (χ0v) is 13.3. The third kappa shape index (κ3) is 4.19. The van der Waals surface area contributed by atoms with E-state index in [2.05, 4.69) is 31.1 Å². The summed E-state index contributed by atoms with van der Waals surface area (Å²) in [4.78, 5) is 2.73. The molecule has 2 aliphatic carbocycles. The maximum atomic E-state index is 3.58. The van der Waals surface area contributed by atoms with E-state index in [1.54, 1.807) is 0 Å². The van der Waals surface area contributed by atoms with Gasteiger partial charge in [-0.2, -0.15) is 0 Å². The standard InChI is InChI=1S/C17H34N2/c1-4-14-9-10-17(18-3)16(11-14)13-19(5-2)12-15-7-6-8-15/h14-18H,4-13H2,1-3H3. The van der Waals surface area contributed by atoms with Crippen LogP contribution in [0.5, 0.6) is 0 Å². The summed E-state index contributed by atoms with van der Waals surface area (Å²) >= 11 is 0. The van der Waals surface area contributed by atoms with Crippen LogP contribution in [0.15, 0.2) is 0 Å². The predicted octanol–water partition coefficient (Wildman–Crippen LogP) is 3.52. The molecule has 0 aromatic carbocycles. The SMILES string of the molecule is CCC1CCC(NC)C(CN(CC)CC2CCC2)C1. The molecule has 0 radical (unpaired) electrons. The van der Waals surface area contributed by atoms with Crippen molar-refractivity contribution in [3.05, 3.63) is 0 Å². The topological polar surface area (TPSA) is 15.3 Å². The minimum atomic E-state index is 0.762. The van der Waals surface area contributed by atoms with Crippen LogP contribution in [0.2, 0.25) is 0 Å². The summed E-state index contributed by atoms with van der Waals surface area (Å²) in [5.74, 6) is 2.87. The minimum absolute atomic E-state index is 0.762. The van der Waals surface area contributed by atoms with E-state index in [1.165, 1.54) is 64.6 Å². The molecule has 0 spiro atoms. The summed E-state index contributed by atoms with van der Waals surface area (Å²) in [6.45, 7) is 8.63. The van der Waals surface area contributed by atoms with Gasteiger partial charge in [-0.15, -0.1) is 0 Å². The van der Waals surface area contributed by atoms with Crippen LogP contribution in [0, 0.1) is 17.8 Å². The zero-order chi connectivity index (χ0) is 13.7. The van der Waals surface area contributed by atoms with E-state index in [4.69, 9.17) is 0 Å². The monoisotopic (exact) mass is 266 g/mol. The Kier molecular flexibility index (Phi) is 6.15. The van der Waals surface area contributed by atoms with Gasteiger partial charge in [-0.05, 0) is 63.5 Å². The Morgan fingerprint density at radius 2 is 1.79 bits per heavy atom. The number of nitrogens with one attached hydrogen (secondary N) is 1. The van der Waals surface area contributed by atoms with Gasteiger partial charge in [0.1, 0.15) is 0 Å². The maximum absolute atomic E-state index is 3.58. The third-order valence-electron chi connectivity index (χ3n) is 5.72. The van der Waals surface area contributed by atoms with Gasteiger partial charge in [0.25, 0.3) is 0 Å². The van der Waals surface area contributed by atoms with E-state index in [9.17, 15) is 0 Å². The van der Waals surface area contributed by atoms with Crippen LogP contribution in [-0.2, 0) is 0 Å². The molecule has 3 atom stereocenters. The Bertz CT molecular complexity index is 250. The molecule has 19 heavy (non-hydrogen) atoms. The first-order valence-corrected chi connectivity index (χ1v) is 8.66. The van der Waals surface area contributed by atoms with Crippen molar-refractivity contribution in [2.24, 2.45) is 17.8 Å². The van der Waals surface area contributed by atoms with Crippen LogP contribution in [0.3, 0.4) is 0 Å². The lowest BCUT2D eigenvalue weighted by Crippen LogP contribution is -2.46. The molecule has 1 N–H and O–H groups in total. The van der Waals surface area contributed by atoms with Crippen LogP contribution in [0.4, 0.5) is 0 Å². The lowest BCUT2D eigenvalue weighted by molar-refractivity contribution is 0.117. The highest BCUT2D eigenvalue weighted by molar-refractivity contribution is 4.86. The molecule has 2 heteroatoms. The molecule has 2 fully saturated rings. The van der Waals surface area contributed by atoms with Gasteiger partial charge >= 0.3 is 0 Å². The lowest BCUT2D eigenvalue weighted by atomic mass is 9.76. The van der Waals surface area contributed by atoms with Crippen molar-refractivity contribution in [3.8, 4) is 0 Å². The third-order valence-corrected chi connectivity index (χ3v) is 5.72. The van der Waals surface area contributed by atoms with Crippen molar-refractivity contribution in [1.29, 1.82) is 0 Å². The van der Waals surface area contributed by atoms with Gasteiger partial charge < -0.3 is 10.2 Å². The smallest absolute Gasteiger partial charge is 0.0105 e. The van der Waals surface area contributed by atoms with Crippen LogP contribution in [0.25, 0.3) is 0 Å². The van der Waals surface area contributed by atoms with Gasteiger partial charge in [-0.25, -0.2) is 0 Å².